The van der Waals surface area contributed by atoms with Crippen molar-refractivity contribution < 1.29 is 9.31 Å². The number of aromatic nitrogens is 1. The Labute approximate surface area is 106 Å². The van der Waals surface area contributed by atoms with Gasteiger partial charge in [-0.15, -0.1) is 11.3 Å². The lowest BCUT2D eigenvalue weighted by Gasteiger charge is -2.13. The number of nitro groups is 1. The summed E-state index contributed by atoms with van der Waals surface area (Å²) < 4.78 is 13.6. The van der Waals surface area contributed by atoms with E-state index in [2.05, 4.69) is 10.3 Å². The van der Waals surface area contributed by atoms with E-state index in [0.717, 1.165) is 4.88 Å². The van der Waals surface area contributed by atoms with Crippen molar-refractivity contribution in [2.24, 2.45) is 0 Å². The van der Waals surface area contributed by atoms with Gasteiger partial charge in [-0.25, -0.2) is 4.39 Å². The van der Waals surface area contributed by atoms with Crippen LogP contribution < -0.4 is 5.32 Å². The zero-order chi connectivity index (χ0) is 13.1. The Kier molecular flexibility index (Phi) is 3.52. The van der Waals surface area contributed by atoms with Crippen LogP contribution in [-0.4, -0.2) is 9.91 Å². The van der Waals surface area contributed by atoms with Crippen LogP contribution in [0.1, 0.15) is 17.8 Å². The summed E-state index contributed by atoms with van der Waals surface area (Å²) in [6.45, 7) is 1.80. The highest BCUT2D eigenvalue weighted by Gasteiger charge is 2.20. The van der Waals surface area contributed by atoms with Crippen LogP contribution in [0.15, 0.2) is 29.9 Å². The van der Waals surface area contributed by atoms with Gasteiger partial charge in [0, 0.05) is 17.1 Å². The van der Waals surface area contributed by atoms with Gasteiger partial charge in [0.2, 0.25) is 0 Å². The van der Waals surface area contributed by atoms with Crippen molar-refractivity contribution in [2.75, 3.05) is 5.32 Å². The number of nitrogens with one attached hydrogen (secondary N) is 1. The molecule has 94 valence electrons. The molecule has 0 amide bonds. The van der Waals surface area contributed by atoms with Crippen LogP contribution in [0.2, 0.25) is 0 Å². The molecule has 0 radical (unpaired) electrons. The first-order valence-electron chi connectivity index (χ1n) is 5.17. The third-order valence-electron chi connectivity index (χ3n) is 2.43. The molecular weight excluding hydrogens is 257 g/mol. The SMILES string of the molecule is CC(Nc1c(F)cccc1[N+](=O)[O-])c1cncs1. The van der Waals surface area contributed by atoms with E-state index in [4.69, 9.17) is 0 Å². The van der Waals surface area contributed by atoms with Crippen LogP contribution in [0, 0.1) is 15.9 Å². The van der Waals surface area contributed by atoms with Crippen LogP contribution in [0.5, 0.6) is 0 Å². The summed E-state index contributed by atoms with van der Waals surface area (Å²) in [6, 6.07) is 3.53. The van der Waals surface area contributed by atoms with E-state index in [-0.39, 0.29) is 17.4 Å². The number of nitro benzene ring substituents is 1. The molecule has 1 N–H and O–H groups in total. The zero-order valence-corrected chi connectivity index (χ0v) is 10.3. The Morgan fingerprint density at radius 1 is 1.56 bits per heavy atom. The van der Waals surface area contributed by atoms with Gasteiger partial charge in [-0.2, -0.15) is 0 Å². The van der Waals surface area contributed by atoms with Crippen LogP contribution >= 0.6 is 11.3 Å². The lowest BCUT2D eigenvalue weighted by molar-refractivity contribution is -0.384. The van der Waals surface area contributed by atoms with Gasteiger partial charge >= 0.3 is 0 Å². The fraction of sp³-hybridized carbons (Fsp3) is 0.182. The number of hydrogen-bond donors (Lipinski definition) is 1. The smallest absolute Gasteiger partial charge is 0.295 e. The van der Waals surface area contributed by atoms with E-state index in [1.165, 1.54) is 29.5 Å². The second kappa shape index (κ2) is 5.09. The van der Waals surface area contributed by atoms with E-state index in [1.807, 2.05) is 0 Å². The second-order valence-corrected chi connectivity index (χ2v) is 4.58. The highest BCUT2D eigenvalue weighted by molar-refractivity contribution is 7.09. The quantitative estimate of drug-likeness (QED) is 0.681. The first-order valence-corrected chi connectivity index (χ1v) is 6.05. The standard InChI is InChI=1S/C11H10FN3O2S/c1-7(10-5-13-6-18-10)14-11-8(12)3-2-4-9(11)15(16)17/h2-7,14H,1H3. The topological polar surface area (TPSA) is 68.1 Å². The molecular formula is C11H10FN3O2S. The van der Waals surface area contributed by atoms with E-state index < -0.39 is 10.7 Å². The molecule has 1 heterocycles. The molecule has 0 saturated heterocycles. The summed E-state index contributed by atoms with van der Waals surface area (Å²) >= 11 is 1.40. The van der Waals surface area contributed by atoms with Crippen LogP contribution in [0.25, 0.3) is 0 Å². The van der Waals surface area contributed by atoms with Crippen molar-refractivity contribution in [3.63, 3.8) is 0 Å². The van der Waals surface area contributed by atoms with Gasteiger partial charge in [-0.1, -0.05) is 6.07 Å². The van der Waals surface area contributed by atoms with Crippen LogP contribution in [0.4, 0.5) is 15.8 Å². The molecule has 1 atom stereocenters. The van der Waals surface area contributed by atoms with Gasteiger partial charge < -0.3 is 5.32 Å². The minimum atomic E-state index is -0.638. The molecule has 0 saturated carbocycles. The lowest BCUT2D eigenvalue weighted by Crippen LogP contribution is -2.08. The first kappa shape index (κ1) is 12.4. The van der Waals surface area contributed by atoms with Gasteiger partial charge in [0.25, 0.3) is 5.69 Å². The monoisotopic (exact) mass is 267 g/mol. The van der Waals surface area contributed by atoms with Crippen LogP contribution in [-0.2, 0) is 0 Å². The number of hydrogen-bond acceptors (Lipinski definition) is 5. The van der Waals surface area contributed by atoms with E-state index in [0.29, 0.717) is 0 Å². The number of nitrogens with zero attached hydrogens (tertiary/aromatic N) is 2. The molecule has 1 aromatic carbocycles. The summed E-state index contributed by atoms with van der Waals surface area (Å²) in [6.07, 6.45) is 1.65. The molecule has 0 aliphatic carbocycles. The summed E-state index contributed by atoms with van der Waals surface area (Å²) in [5, 5.41) is 13.6. The minimum absolute atomic E-state index is 0.0941. The Bertz CT molecular complexity index is 559. The molecule has 0 spiro atoms. The average molecular weight is 267 g/mol. The first-order chi connectivity index (χ1) is 8.59. The van der Waals surface area contributed by atoms with Crippen molar-refractivity contribution in [2.45, 2.75) is 13.0 Å². The predicted molar refractivity (Wildman–Crippen MR) is 67.2 cm³/mol. The molecule has 1 aromatic heterocycles. The maximum absolute atomic E-state index is 13.6. The molecule has 2 rings (SSSR count). The molecule has 1 unspecified atom stereocenters. The maximum atomic E-state index is 13.6. The fourth-order valence-corrected chi connectivity index (χ4v) is 2.16. The highest BCUT2D eigenvalue weighted by Crippen LogP contribution is 2.31. The lowest BCUT2D eigenvalue weighted by atomic mass is 10.2. The molecule has 2 aromatic rings. The van der Waals surface area contributed by atoms with Gasteiger partial charge in [-0.3, -0.25) is 15.1 Å². The second-order valence-electron chi connectivity index (χ2n) is 3.66. The normalized spacial score (nSPS) is 12.1. The molecule has 0 aliphatic rings. The van der Waals surface area contributed by atoms with E-state index in [1.54, 1.807) is 18.6 Å². The Hall–Kier alpha value is -2.02. The van der Waals surface area contributed by atoms with Crippen molar-refractivity contribution in [1.82, 2.24) is 4.98 Å². The van der Waals surface area contributed by atoms with Crippen molar-refractivity contribution >= 4 is 22.7 Å². The Balaban J connectivity index is 2.31. The third-order valence-corrected chi connectivity index (χ3v) is 3.39. The average Bonchev–Trinajstić information content (AvgIpc) is 2.85. The van der Waals surface area contributed by atoms with Gasteiger partial charge in [0.1, 0.15) is 5.69 Å². The number of thiazole rings is 1. The largest absolute Gasteiger partial charge is 0.370 e. The number of rotatable bonds is 4. The summed E-state index contributed by atoms with van der Waals surface area (Å²) in [5.74, 6) is -0.638. The summed E-state index contributed by atoms with van der Waals surface area (Å²) in [7, 11) is 0. The van der Waals surface area contributed by atoms with Crippen LogP contribution in [0.3, 0.4) is 0 Å². The van der Waals surface area contributed by atoms with Gasteiger partial charge in [-0.05, 0) is 13.0 Å². The fourth-order valence-electron chi connectivity index (χ4n) is 1.53. The molecule has 0 bridgehead atoms. The minimum Gasteiger partial charge on any atom is -0.370 e. The van der Waals surface area contributed by atoms with Gasteiger partial charge in [0.05, 0.1) is 16.5 Å². The molecule has 18 heavy (non-hydrogen) atoms. The van der Waals surface area contributed by atoms with E-state index in [9.17, 15) is 14.5 Å². The van der Waals surface area contributed by atoms with Crippen molar-refractivity contribution in [3.8, 4) is 0 Å². The third kappa shape index (κ3) is 2.45. The molecule has 0 aliphatic heterocycles. The maximum Gasteiger partial charge on any atom is 0.295 e. The van der Waals surface area contributed by atoms with Crippen molar-refractivity contribution in [3.05, 3.63) is 50.7 Å². The number of para-hydroxylation sites is 1. The number of anilines is 1. The van der Waals surface area contributed by atoms with Crippen molar-refractivity contribution in [1.29, 1.82) is 0 Å². The number of benzene rings is 1. The predicted octanol–water partition coefficient (Wildman–Crippen LogP) is 3.36. The summed E-state index contributed by atoms with van der Waals surface area (Å²) in [4.78, 5) is 15.0. The molecule has 7 heteroatoms. The molecule has 5 nitrogen and oxygen atoms in total. The highest BCUT2D eigenvalue weighted by atomic mass is 32.1. The number of halogens is 1. The Morgan fingerprint density at radius 3 is 2.94 bits per heavy atom. The zero-order valence-electron chi connectivity index (χ0n) is 9.46. The molecule has 0 fully saturated rings. The van der Waals surface area contributed by atoms with Gasteiger partial charge in [0.15, 0.2) is 5.82 Å². The van der Waals surface area contributed by atoms with E-state index >= 15 is 0 Å². The Morgan fingerprint density at radius 2 is 2.33 bits per heavy atom. The summed E-state index contributed by atoms with van der Waals surface area (Å²) in [5.41, 5.74) is 1.29.